The second-order valence-electron chi connectivity index (χ2n) is 4.15. The molecule has 0 unspecified atom stereocenters. The minimum atomic E-state index is -3.83. The highest BCUT2D eigenvalue weighted by atomic mass is 32.2. The number of nitrogens with zero attached hydrogens (tertiary/aromatic N) is 1. The van der Waals surface area contributed by atoms with E-state index in [1.165, 1.54) is 12.1 Å². The number of nitriles is 1. The first kappa shape index (κ1) is 13.9. The second kappa shape index (κ2) is 5.21. The average Bonchev–Trinajstić information content (AvgIpc) is 2.37. The molecule has 2 rings (SSSR count). The third-order valence-electron chi connectivity index (χ3n) is 2.54. The molecule has 0 saturated heterocycles. The molecule has 0 radical (unpaired) electrons. The molecular weight excluding hydrogens is 276 g/mol. The van der Waals surface area contributed by atoms with Gasteiger partial charge >= 0.3 is 0 Å². The van der Waals surface area contributed by atoms with Crippen molar-refractivity contribution in [3.05, 3.63) is 48.0 Å². The molecule has 20 heavy (non-hydrogen) atoms. The first-order chi connectivity index (χ1) is 9.38. The number of nitrogen functional groups attached to an aromatic ring is 1. The normalized spacial score (nSPS) is 10.8. The van der Waals surface area contributed by atoms with Crippen molar-refractivity contribution in [2.75, 3.05) is 11.1 Å². The molecule has 2 aromatic rings. The lowest BCUT2D eigenvalue weighted by atomic mass is 10.2. The molecule has 7 heteroatoms. The Bertz CT molecular complexity index is 794. The number of anilines is 3. The van der Waals surface area contributed by atoms with Crippen LogP contribution in [0.25, 0.3) is 0 Å². The van der Waals surface area contributed by atoms with E-state index in [1.54, 1.807) is 30.3 Å². The molecule has 102 valence electrons. The van der Waals surface area contributed by atoms with Crippen molar-refractivity contribution in [1.82, 2.24) is 0 Å². The standard InChI is InChI=1S/C13H12N4O2S/c14-8-9-2-1-3-11(4-9)17-12-5-10(15)6-13(7-12)20(16,18)19/h1-7,17H,15H2,(H2,16,18,19). The summed E-state index contributed by atoms with van der Waals surface area (Å²) in [6, 6.07) is 13.0. The number of nitrogens with one attached hydrogen (secondary N) is 1. The summed E-state index contributed by atoms with van der Waals surface area (Å²) in [7, 11) is -3.83. The highest BCUT2D eigenvalue weighted by Crippen LogP contribution is 2.23. The van der Waals surface area contributed by atoms with Gasteiger partial charge in [0.25, 0.3) is 0 Å². The van der Waals surface area contributed by atoms with E-state index in [4.69, 9.17) is 16.1 Å². The summed E-state index contributed by atoms with van der Waals surface area (Å²) >= 11 is 0. The van der Waals surface area contributed by atoms with Gasteiger partial charge in [0.1, 0.15) is 0 Å². The topological polar surface area (TPSA) is 122 Å². The molecule has 0 fully saturated rings. The van der Waals surface area contributed by atoms with Crippen molar-refractivity contribution in [2.45, 2.75) is 4.90 Å². The van der Waals surface area contributed by atoms with E-state index >= 15 is 0 Å². The average molecular weight is 288 g/mol. The maximum absolute atomic E-state index is 11.3. The van der Waals surface area contributed by atoms with Crippen molar-refractivity contribution >= 4 is 27.1 Å². The van der Waals surface area contributed by atoms with Gasteiger partial charge in [-0.2, -0.15) is 5.26 Å². The van der Waals surface area contributed by atoms with Crippen LogP contribution in [0.2, 0.25) is 0 Å². The summed E-state index contributed by atoms with van der Waals surface area (Å²) in [6.45, 7) is 0. The van der Waals surface area contributed by atoms with Crippen LogP contribution in [0, 0.1) is 11.3 Å². The fourth-order valence-electron chi connectivity index (χ4n) is 1.69. The number of hydrogen-bond acceptors (Lipinski definition) is 5. The molecule has 0 aromatic heterocycles. The van der Waals surface area contributed by atoms with Crippen LogP contribution in [0.5, 0.6) is 0 Å². The number of nitrogens with two attached hydrogens (primary N) is 2. The highest BCUT2D eigenvalue weighted by Gasteiger charge is 2.10. The van der Waals surface area contributed by atoms with Crippen molar-refractivity contribution in [3.8, 4) is 6.07 Å². The van der Waals surface area contributed by atoms with Gasteiger partial charge in [-0.3, -0.25) is 0 Å². The predicted molar refractivity (Wildman–Crippen MR) is 76.7 cm³/mol. The fraction of sp³-hybridized carbons (Fsp3) is 0. The van der Waals surface area contributed by atoms with Crippen LogP contribution in [-0.2, 0) is 10.0 Å². The molecule has 0 heterocycles. The summed E-state index contributed by atoms with van der Waals surface area (Å²) < 4.78 is 22.7. The van der Waals surface area contributed by atoms with Crippen molar-refractivity contribution in [1.29, 1.82) is 5.26 Å². The predicted octanol–water partition coefficient (Wildman–Crippen LogP) is 1.53. The number of sulfonamides is 1. The molecule has 0 atom stereocenters. The van der Waals surface area contributed by atoms with Crippen LogP contribution in [0.4, 0.5) is 17.1 Å². The molecule has 0 aliphatic heterocycles. The Morgan fingerprint density at radius 1 is 1.10 bits per heavy atom. The Balaban J connectivity index is 2.39. The highest BCUT2D eigenvalue weighted by molar-refractivity contribution is 7.89. The van der Waals surface area contributed by atoms with Crippen LogP contribution >= 0.6 is 0 Å². The van der Waals surface area contributed by atoms with E-state index in [9.17, 15) is 8.42 Å². The van der Waals surface area contributed by atoms with Gasteiger partial charge in [-0.15, -0.1) is 0 Å². The van der Waals surface area contributed by atoms with E-state index in [-0.39, 0.29) is 10.6 Å². The maximum Gasteiger partial charge on any atom is 0.238 e. The zero-order valence-electron chi connectivity index (χ0n) is 10.4. The molecule has 0 aliphatic carbocycles. The van der Waals surface area contributed by atoms with Crippen molar-refractivity contribution in [2.24, 2.45) is 5.14 Å². The van der Waals surface area contributed by atoms with Crippen LogP contribution in [0.15, 0.2) is 47.4 Å². The Labute approximate surface area is 116 Å². The van der Waals surface area contributed by atoms with Gasteiger partial charge in [0, 0.05) is 17.1 Å². The van der Waals surface area contributed by atoms with Gasteiger partial charge in [-0.25, -0.2) is 13.6 Å². The van der Waals surface area contributed by atoms with E-state index < -0.39 is 10.0 Å². The molecule has 0 aliphatic rings. The van der Waals surface area contributed by atoms with Gasteiger partial charge in [0.2, 0.25) is 10.0 Å². The lowest BCUT2D eigenvalue weighted by Crippen LogP contribution is -2.12. The minimum absolute atomic E-state index is 0.0727. The monoisotopic (exact) mass is 288 g/mol. The van der Waals surface area contributed by atoms with Crippen LogP contribution in [-0.4, -0.2) is 8.42 Å². The fourth-order valence-corrected chi connectivity index (χ4v) is 2.28. The van der Waals surface area contributed by atoms with E-state index in [0.717, 1.165) is 0 Å². The number of rotatable bonds is 3. The molecule has 0 bridgehead atoms. The largest absolute Gasteiger partial charge is 0.399 e. The van der Waals surface area contributed by atoms with Crippen LogP contribution < -0.4 is 16.2 Å². The van der Waals surface area contributed by atoms with Gasteiger partial charge < -0.3 is 11.1 Å². The first-order valence-electron chi connectivity index (χ1n) is 5.59. The lowest BCUT2D eigenvalue weighted by Gasteiger charge is -2.09. The SMILES string of the molecule is N#Cc1cccc(Nc2cc(N)cc(S(N)(=O)=O)c2)c1. The van der Waals surface area contributed by atoms with Gasteiger partial charge in [0.15, 0.2) is 0 Å². The van der Waals surface area contributed by atoms with Crippen molar-refractivity contribution in [3.63, 3.8) is 0 Å². The summed E-state index contributed by atoms with van der Waals surface area (Å²) in [6.07, 6.45) is 0. The Morgan fingerprint density at radius 3 is 2.50 bits per heavy atom. The molecule has 0 saturated carbocycles. The molecule has 0 amide bonds. The molecule has 2 aromatic carbocycles. The van der Waals surface area contributed by atoms with E-state index in [2.05, 4.69) is 5.32 Å². The number of hydrogen-bond donors (Lipinski definition) is 3. The summed E-state index contributed by atoms with van der Waals surface area (Å²) in [5.41, 5.74) is 7.54. The summed E-state index contributed by atoms with van der Waals surface area (Å²) in [5, 5.41) is 16.9. The Kier molecular flexibility index (Phi) is 3.61. The number of benzene rings is 2. The van der Waals surface area contributed by atoms with E-state index in [1.807, 2.05) is 6.07 Å². The lowest BCUT2D eigenvalue weighted by molar-refractivity contribution is 0.598. The number of primary sulfonamides is 1. The zero-order valence-corrected chi connectivity index (χ0v) is 11.2. The maximum atomic E-state index is 11.3. The third kappa shape index (κ3) is 3.26. The summed E-state index contributed by atoms with van der Waals surface area (Å²) in [5.74, 6) is 0. The van der Waals surface area contributed by atoms with Gasteiger partial charge in [0.05, 0.1) is 16.5 Å². The minimum Gasteiger partial charge on any atom is -0.399 e. The molecule has 6 nitrogen and oxygen atoms in total. The van der Waals surface area contributed by atoms with Gasteiger partial charge in [-0.1, -0.05) is 6.07 Å². The van der Waals surface area contributed by atoms with Crippen LogP contribution in [0.3, 0.4) is 0 Å². The first-order valence-corrected chi connectivity index (χ1v) is 7.14. The zero-order chi connectivity index (χ0) is 14.8. The van der Waals surface area contributed by atoms with Crippen LogP contribution in [0.1, 0.15) is 5.56 Å². The third-order valence-corrected chi connectivity index (χ3v) is 3.43. The molecule has 0 spiro atoms. The second-order valence-corrected chi connectivity index (χ2v) is 5.71. The Morgan fingerprint density at radius 2 is 1.85 bits per heavy atom. The quantitative estimate of drug-likeness (QED) is 0.739. The smallest absolute Gasteiger partial charge is 0.238 e. The molecule has 5 N–H and O–H groups in total. The van der Waals surface area contributed by atoms with Gasteiger partial charge in [-0.05, 0) is 36.4 Å². The molecular formula is C13H12N4O2S. The summed E-state index contributed by atoms with van der Waals surface area (Å²) in [4.78, 5) is -0.0727. The van der Waals surface area contributed by atoms with Crippen molar-refractivity contribution < 1.29 is 8.42 Å². The van der Waals surface area contributed by atoms with E-state index in [0.29, 0.717) is 16.9 Å². The Hall–Kier alpha value is -2.56.